The molecule has 0 fully saturated rings. The Balaban J connectivity index is 2.06. The van der Waals surface area contributed by atoms with E-state index in [4.69, 9.17) is 9.47 Å². The van der Waals surface area contributed by atoms with Gasteiger partial charge >= 0.3 is 0 Å². The van der Waals surface area contributed by atoms with Crippen LogP contribution in [0.25, 0.3) is 0 Å². The van der Waals surface area contributed by atoms with Crippen LogP contribution in [0.15, 0.2) is 71.6 Å². The van der Waals surface area contributed by atoms with Crippen LogP contribution in [0, 0.1) is 12.7 Å². The van der Waals surface area contributed by atoms with Gasteiger partial charge in [-0.25, -0.2) is 12.8 Å². The fourth-order valence-corrected chi connectivity index (χ4v) is 5.61. The molecule has 0 radical (unpaired) electrons. The predicted molar refractivity (Wildman–Crippen MR) is 160 cm³/mol. The van der Waals surface area contributed by atoms with Gasteiger partial charge < -0.3 is 19.7 Å². The monoisotopic (exact) mass is 599 g/mol. The number of rotatable bonds is 13. The molecule has 2 unspecified atom stereocenters. The van der Waals surface area contributed by atoms with Gasteiger partial charge in [0.2, 0.25) is 11.8 Å². The minimum atomic E-state index is -4.30. The number of carbonyl (C=O) groups excluding carboxylic acids is 2. The molecule has 2 atom stereocenters. The van der Waals surface area contributed by atoms with Crippen molar-refractivity contribution in [3.63, 3.8) is 0 Å². The first-order chi connectivity index (χ1) is 19.9. The molecule has 0 aliphatic heterocycles. The topological polar surface area (TPSA) is 105 Å². The zero-order chi connectivity index (χ0) is 31.0. The third-order valence-corrected chi connectivity index (χ3v) is 8.75. The van der Waals surface area contributed by atoms with Gasteiger partial charge in [-0.05, 0) is 69.2 Å². The standard InChI is InChI=1S/C31H38FN3O6S/c1-7-22(3)33-31(37)23(4)34(19-24-10-12-25(32)13-11-24)30(36)20-35(26-14-8-21(2)9-15-26)42(38,39)27-16-17-28(40-5)29(18-27)41-6/h8-18,22-23H,7,19-20H2,1-6H3,(H,33,37). The molecule has 0 bridgehead atoms. The molecule has 0 heterocycles. The third kappa shape index (κ3) is 7.79. The van der Waals surface area contributed by atoms with Gasteiger partial charge in [-0.1, -0.05) is 36.8 Å². The number of benzene rings is 3. The first-order valence-corrected chi connectivity index (χ1v) is 15.0. The lowest BCUT2D eigenvalue weighted by atomic mass is 10.1. The molecule has 3 aromatic rings. The van der Waals surface area contributed by atoms with E-state index in [2.05, 4.69) is 5.32 Å². The number of ether oxygens (including phenoxy) is 2. The summed E-state index contributed by atoms with van der Waals surface area (Å²) in [4.78, 5) is 28.3. The lowest BCUT2D eigenvalue weighted by molar-refractivity contribution is -0.139. The molecule has 9 nitrogen and oxygen atoms in total. The molecule has 0 spiro atoms. The largest absolute Gasteiger partial charge is 0.493 e. The molecule has 1 N–H and O–H groups in total. The molecule has 0 aliphatic rings. The number of nitrogens with one attached hydrogen (secondary N) is 1. The molecule has 0 aromatic heterocycles. The van der Waals surface area contributed by atoms with Crippen LogP contribution in [-0.2, 0) is 26.2 Å². The maximum atomic E-state index is 14.1. The molecule has 0 saturated carbocycles. The van der Waals surface area contributed by atoms with Crippen LogP contribution in [0.4, 0.5) is 10.1 Å². The van der Waals surface area contributed by atoms with E-state index in [0.717, 1.165) is 9.87 Å². The molecular weight excluding hydrogens is 561 g/mol. The Morgan fingerprint density at radius 3 is 2.12 bits per heavy atom. The minimum Gasteiger partial charge on any atom is -0.493 e. The van der Waals surface area contributed by atoms with Crippen molar-refractivity contribution in [1.29, 1.82) is 0 Å². The normalized spacial score (nSPS) is 12.6. The fraction of sp³-hybridized carbons (Fsp3) is 0.355. The highest BCUT2D eigenvalue weighted by Gasteiger charge is 2.33. The summed E-state index contributed by atoms with van der Waals surface area (Å²) < 4.78 is 53.3. The number of sulfonamides is 1. The number of halogens is 1. The van der Waals surface area contributed by atoms with Crippen molar-refractivity contribution >= 4 is 27.5 Å². The maximum Gasteiger partial charge on any atom is 0.264 e. The number of methoxy groups -OCH3 is 2. The third-order valence-electron chi connectivity index (χ3n) is 6.98. The van der Waals surface area contributed by atoms with Crippen LogP contribution >= 0.6 is 0 Å². The van der Waals surface area contributed by atoms with Crippen molar-refractivity contribution in [2.24, 2.45) is 0 Å². The molecule has 0 aliphatic carbocycles. The van der Waals surface area contributed by atoms with Crippen molar-refractivity contribution in [2.75, 3.05) is 25.1 Å². The van der Waals surface area contributed by atoms with E-state index < -0.39 is 34.3 Å². The van der Waals surface area contributed by atoms with Crippen LogP contribution in [0.5, 0.6) is 11.5 Å². The first kappa shape index (κ1) is 32.4. The summed E-state index contributed by atoms with van der Waals surface area (Å²) in [7, 11) is -1.46. The Kier molecular flexibility index (Phi) is 10.9. The quantitative estimate of drug-likeness (QED) is 0.306. The van der Waals surface area contributed by atoms with E-state index in [0.29, 0.717) is 17.7 Å². The van der Waals surface area contributed by atoms with Crippen molar-refractivity contribution in [2.45, 2.75) is 57.6 Å². The number of anilines is 1. The van der Waals surface area contributed by atoms with Crippen LogP contribution < -0.4 is 19.1 Å². The van der Waals surface area contributed by atoms with Gasteiger partial charge in [0.25, 0.3) is 10.0 Å². The zero-order valence-electron chi connectivity index (χ0n) is 24.8. The van der Waals surface area contributed by atoms with E-state index in [1.165, 1.54) is 61.6 Å². The van der Waals surface area contributed by atoms with Crippen LogP contribution in [-0.4, -0.2) is 58.0 Å². The van der Waals surface area contributed by atoms with E-state index >= 15 is 0 Å². The summed E-state index contributed by atoms with van der Waals surface area (Å²) in [6.07, 6.45) is 0.690. The summed E-state index contributed by atoms with van der Waals surface area (Å²) in [5, 5.41) is 2.88. The van der Waals surface area contributed by atoms with Gasteiger partial charge in [-0.3, -0.25) is 13.9 Å². The number of aryl methyl sites for hydroxylation is 1. The second kappa shape index (κ2) is 14.2. The highest BCUT2D eigenvalue weighted by molar-refractivity contribution is 7.92. The second-order valence-corrected chi connectivity index (χ2v) is 11.9. The summed E-state index contributed by atoms with van der Waals surface area (Å²) in [6.45, 7) is 6.59. The van der Waals surface area contributed by atoms with Crippen molar-refractivity contribution in [1.82, 2.24) is 10.2 Å². The number of nitrogens with zero attached hydrogens (tertiary/aromatic N) is 2. The summed E-state index contributed by atoms with van der Waals surface area (Å²) in [5.74, 6) is -0.881. The van der Waals surface area contributed by atoms with Gasteiger partial charge in [-0.2, -0.15) is 0 Å². The Morgan fingerprint density at radius 2 is 1.55 bits per heavy atom. The number of hydrogen-bond donors (Lipinski definition) is 1. The predicted octanol–water partition coefficient (Wildman–Crippen LogP) is 4.68. The van der Waals surface area contributed by atoms with Crippen LogP contribution in [0.2, 0.25) is 0 Å². The van der Waals surface area contributed by atoms with E-state index in [-0.39, 0.29) is 34.8 Å². The summed E-state index contributed by atoms with van der Waals surface area (Å²) in [6, 6.07) is 15.4. The molecular formula is C31H38FN3O6S. The number of hydrogen-bond acceptors (Lipinski definition) is 6. The number of amides is 2. The van der Waals surface area contributed by atoms with Crippen molar-refractivity contribution in [3.8, 4) is 11.5 Å². The zero-order valence-corrected chi connectivity index (χ0v) is 25.6. The Labute approximate surface area is 247 Å². The van der Waals surface area contributed by atoms with Crippen molar-refractivity contribution < 1.29 is 31.9 Å². The van der Waals surface area contributed by atoms with Crippen molar-refractivity contribution in [3.05, 3.63) is 83.7 Å². The minimum absolute atomic E-state index is 0.0354. The summed E-state index contributed by atoms with van der Waals surface area (Å²) in [5.41, 5.74) is 1.75. The van der Waals surface area contributed by atoms with Gasteiger partial charge in [0.1, 0.15) is 18.4 Å². The second-order valence-electron chi connectivity index (χ2n) is 10.0. The molecule has 11 heteroatoms. The molecule has 226 valence electrons. The van der Waals surface area contributed by atoms with Gasteiger partial charge in [-0.15, -0.1) is 0 Å². The molecule has 42 heavy (non-hydrogen) atoms. The first-order valence-electron chi connectivity index (χ1n) is 13.6. The lowest BCUT2D eigenvalue weighted by Crippen LogP contribution is -2.52. The Morgan fingerprint density at radius 1 is 0.929 bits per heavy atom. The SMILES string of the molecule is CCC(C)NC(=O)C(C)N(Cc1ccc(F)cc1)C(=O)CN(c1ccc(C)cc1)S(=O)(=O)c1ccc(OC)c(OC)c1. The fourth-order valence-electron chi connectivity index (χ4n) is 4.18. The smallest absolute Gasteiger partial charge is 0.264 e. The molecule has 2 amide bonds. The highest BCUT2D eigenvalue weighted by Crippen LogP contribution is 2.32. The van der Waals surface area contributed by atoms with Crippen LogP contribution in [0.3, 0.4) is 0 Å². The average Bonchev–Trinajstić information content (AvgIpc) is 2.98. The Hall–Kier alpha value is -4.12. The molecule has 3 aromatic carbocycles. The molecule has 0 saturated heterocycles. The van der Waals surface area contributed by atoms with Gasteiger partial charge in [0.15, 0.2) is 11.5 Å². The van der Waals surface area contributed by atoms with Gasteiger partial charge in [0, 0.05) is 18.7 Å². The van der Waals surface area contributed by atoms with E-state index in [1.807, 2.05) is 20.8 Å². The van der Waals surface area contributed by atoms with E-state index in [1.54, 1.807) is 31.2 Å². The number of carbonyl (C=O) groups is 2. The van der Waals surface area contributed by atoms with E-state index in [9.17, 15) is 22.4 Å². The Bertz CT molecular complexity index is 1480. The maximum absolute atomic E-state index is 14.1. The van der Waals surface area contributed by atoms with Crippen LogP contribution in [0.1, 0.15) is 38.3 Å². The highest BCUT2D eigenvalue weighted by atomic mass is 32.2. The lowest BCUT2D eigenvalue weighted by Gasteiger charge is -2.32. The van der Waals surface area contributed by atoms with Gasteiger partial charge in [0.05, 0.1) is 24.8 Å². The molecule has 3 rings (SSSR count). The average molecular weight is 600 g/mol. The summed E-state index contributed by atoms with van der Waals surface area (Å²) >= 11 is 0.